The van der Waals surface area contributed by atoms with Gasteiger partial charge in [0.2, 0.25) is 0 Å². The van der Waals surface area contributed by atoms with E-state index < -0.39 is 0 Å². The molecule has 0 spiro atoms. The van der Waals surface area contributed by atoms with E-state index in [-0.39, 0.29) is 16.7 Å². The summed E-state index contributed by atoms with van der Waals surface area (Å²) >= 11 is 11.9. The van der Waals surface area contributed by atoms with Gasteiger partial charge in [0.1, 0.15) is 11.6 Å². The lowest BCUT2D eigenvalue weighted by Gasteiger charge is -2.10. The standard InChI is InChI=1S/C17H12Cl2FN3O/c1-10-8-16(23(22-10)13-5-3-12(20)4-6-13)21-17(24)14-7-2-11(18)9-15(14)19/h2-9H,1H3,(H,21,24). The number of nitrogens with one attached hydrogen (secondary N) is 1. The second-order valence-electron chi connectivity index (χ2n) is 5.14. The zero-order chi connectivity index (χ0) is 17.3. The minimum atomic E-state index is -0.389. The Balaban J connectivity index is 1.93. The average molecular weight is 364 g/mol. The molecule has 3 aromatic rings. The van der Waals surface area contributed by atoms with E-state index in [9.17, 15) is 9.18 Å². The number of hydrogen-bond donors (Lipinski definition) is 1. The fourth-order valence-electron chi connectivity index (χ4n) is 2.22. The Morgan fingerprint density at radius 2 is 1.83 bits per heavy atom. The number of aromatic nitrogens is 2. The van der Waals surface area contributed by atoms with E-state index in [2.05, 4.69) is 10.4 Å². The molecule has 0 atom stereocenters. The van der Waals surface area contributed by atoms with Crippen LogP contribution in [0, 0.1) is 12.7 Å². The first-order valence-corrected chi connectivity index (χ1v) is 7.78. The van der Waals surface area contributed by atoms with Crippen molar-refractivity contribution in [3.05, 3.63) is 75.7 Å². The number of carbonyl (C=O) groups excluding carboxylic acids is 1. The Kier molecular flexibility index (Phi) is 4.55. The molecule has 1 amide bonds. The van der Waals surface area contributed by atoms with Crippen molar-refractivity contribution in [3.63, 3.8) is 0 Å². The Labute approximate surface area is 147 Å². The zero-order valence-corrected chi connectivity index (χ0v) is 14.1. The van der Waals surface area contributed by atoms with Gasteiger partial charge in [-0.25, -0.2) is 9.07 Å². The van der Waals surface area contributed by atoms with Gasteiger partial charge in [0.25, 0.3) is 5.91 Å². The molecule has 0 saturated carbocycles. The lowest BCUT2D eigenvalue weighted by molar-refractivity contribution is 0.102. The third-order valence-electron chi connectivity index (χ3n) is 3.32. The summed E-state index contributed by atoms with van der Waals surface area (Å²) < 4.78 is 14.6. The normalized spacial score (nSPS) is 10.7. The van der Waals surface area contributed by atoms with Crippen LogP contribution in [0.4, 0.5) is 10.2 Å². The van der Waals surface area contributed by atoms with Crippen molar-refractivity contribution < 1.29 is 9.18 Å². The molecule has 0 radical (unpaired) electrons. The maximum atomic E-state index is 13.1. The van der Waals surface area contributed by atoms with E-state index in [0.29, 0.717) is 27.8 Å². The fraction of sp³-hybridized carbons (Fsp3) is 0.0588. The van der Waals surface area contributed by atoms with Crippen molar-refractivity contribution in [2.45, 2.75) is 6.92 Å². The topological polar surface area (TPSA) is 46.9 Å². The molecule has 24 heavy (non-hydrogen) atoms. The van der Waals surface area contributed by atoms with E-state index in [1.807, 2.05) is 0 Å². The molecule has 0 bridgehead atoms. The Bertz CT molecular complexity index is 907. The largest absolute Gasteiger partial charge is 0.306 e. The van der Waals surface area contributed by atoms with Gasteiger partial charge in [-0.15, -0.1) is 0 Å². The van der Waals surface area contributed by atoms with E-state index in [1.54, 1.807) is 37.3 Å². The molecule has 0 aliphatic heterocycles. The van der Waals surface area contributed by atoms with E-state index >= 15 is 0 Å². The Morgan fingerprint density at radius 3 is 2.50 bits per heavy atom. The van der Waals surface area contributed by atoms with Gasteiger partial charge in [-0.1, -0.05) is 23.2 Å². The molecule has 0 aliphatic carbocycles. The van der Waals surface area contributed by atoms with Crippen LogP contribution in [0.3, 0.4) is 0 Å². The maximum Gasteiger partial charge on any atom is 0.258 e. The van der Waals surface area contributed by atoms with Crippen molar-refractivity contribution in [2.24, 2.45) is 0 Å². The van der Waals surface area contributed by atoms with Crippen LogP contribution < -0.4 is 5.32 Å². The molecule has 0 fully saturated rings. The number of carbonyl (C=O) groups is 1. The van der Waals surface area contributed by atoms with Gasteiger partial charge in [0.05, 0.1) is 22.0 Å². The summed E-state index contributed by atoms with van der Waals surface area (Å²) in [6, 6.07) is 12.2. The lowest BCUT2D eigenvalue weighted by Crippen LogP contribution is -2.15. The first kappa shape index (κ1) is 16.5. The van der Waals surface area contributed by atoms with Crippen LogP contribution in [0.2, 0.25) is 10.0 Å². The molecule has 3 rings (SSSR count). The highest BCUT2D eigenvalue weighted by atomic mass is 35.5. The van der Waals surface area contributed by atoms with Gasteiger partial charge < -0.3 is 5.32 Å². The van der Waals surface area contributed by atoms with Gasteiger partial charge in [-0.2, -0.15) is 5.10 Å². The van der Waals surface area contributed by atoms with Crippen LogP contribution in [0.1, 0.15) is 16.1 Å². The maximum absolute atomic E-state index is 13.1. The van der Waals surface area contributed by atoms with Crippen molar-refractivity contribution >= 4 is 34.9 Å². The van der Waals surface area contributed by atoms with E-state index in [4.69, 9.17) is 23.2 Å². The molecule has 7 heteroatoms. The molecule has 0 aliphatic rings. The quantitative estimate of drug-likeness (QED) is 0.720. The summed E-state index contributed by atoms with van der Waals surface area (Å²) in [5.74, 6) is -0.281. The second-order valence-corrected chi connectivity index (χ2v) is 5.98. The molecule has 0 saturated heterocycles. The highest BCUT2D eigenvalue weighted by Gasteiger charge is 2.15. The molecule has 2 aromatic carbocycles. The number of halogens is 3. The highest BCUT2D eigenvalue weighted by molar-refractivity contribution is 6.37. The first-order chi connectivity index (χ1) is 11.4. The van der Waals surface area contributed by atoms with Crippen molar-refractivity contribution in [1.29, 1.82) is 0 Å². The zero-order valence-electron chi connectivity index (χ0n) is 12.6. The molecular weight excluding hydrogens is 352 g/mol. The van der Waals surface area contributed by atoms with Crippen molar-refractivity contribution in [2.75, 3.05) is 5.32 Å². The third-order valence-corrected chi connectivity index (χ3v) is 3.87. The SMILES string of the molecule is Cc1cc(NC(=O)c2ccc(Cl)cc2Cl)n(-c2ccc(F)cc2)n1. The van der Waals surface area contributed by atoms with Crippen LogP contribution in [-0.2, 0) is 0 Å². The van der Waals surface area contributed by atoms with Gasteiger partial charge in [0, 0.05) is 11.1 Å². The number of anilines is 1. The molecule has 4 nitrogen and oxygen atoms in total. The monoisotopic (exact) mass is 363 g/mol. The number of rotatable bonds is 3. The summed E-state index contributed by atoms with van der Waals surface area (Å²) in [5, 5.41) is 7.78. The smallest absolute Gasteiger partial charge is 0.258 e. The highest BCUT2D eigenvalue weighted by Crippen LogP contribution is 2.23. The third kappa shape index (κ3) is 3.42. The number of benzene rings is 2. The van der Waals surface area contributed by atoms with E-state index in [1.165, 1.54) is 22.9 Å². The number of hydrogen-bond acceptors (Lipinski definition) is 2. The molecule has 0 unspecified atom stereocenters. The molecule has 1 heterocycles. The number of amides is 1. The predicted octanol–water partition coefficient (Wildman–Crippen LogP) is 4.88. The minimum absolute atomic E-state index is 0.254. The lowest BCUT2D eigenvalue weighted by atomic mass is 10.2. The summed E-state index contributed by atoms with van der Waals surface area (Å²) in [4.78, 5) is 12.5. The van der Waals surface area contributed by atoms with Crippen LogP contribution in [-0.4, -0.2) is 15.7 Å². The number of nitrogens with zero attached hydrogens (tertiary/aromatic N) is 2. The van der Waals surface area contributed by atoms with Crippen LogP contribution in [0.15, 0.2) is 48.5 Å². The summed E-state index contributed by atoms with van der Waals surface area (Å²) in [6.07, 6.45) is 0. The van der Waals surface area contributed by atoms with Gasteiger partial charge in [0.15, 0.2) is 0 Å². The van der Waals surface area contributed by atoms with E-state index in [0.717, 1.165) is 0 Å². The van der Waals surface area contributed by atoms with Gasteiger partial charge >= 0.3 is 0 Å². The first-order valence-electron chi connectivity index (χ1n) is 7.03. The molecule has 1 N–H and O–H groups in total. The molecule has 122 valence electrons. The van der Waals surface area contributed by atoms with Crippen molar-refractivity contribution in [3.8, 4) is 5.69 Å². The number of aryl methyl sites for hydroxylation is 1. The minimum Gasteiger partial charge on any atom is -0.306 e. The fourth-order valence-corrected chi connectivity index (χ4v) is 2.72. The van der Waals surface area contributed by atoms with Crippen LogP contribution >= 0.6 is 23.2 Å². The summed E-state index contributed by atoms with van der Waals surface area (Å²) in [7, 11) is 0. The summed E-state index contributed by atoms with van der Waals surface area (Å²) in [5.41, 5.74) is 1.63. The average Bonchev–Trinajstić information content (AvgIpc) is 2.88. The van der Waals surface area contributed by atoms with Crippen molar-refractivity contribution in [1.82, 2.24) is 9.78 Å². The Morgan fingerprint density at radius 1 is 1.12 bits per heavy atom. The molecular formula is C17H12Cl2FN3O. The summed E-state index contributed by atoms with van der Waals surface area (Å²) in [6.45, 7) is 1.80. The van der Waals surface area contributed by atoms with Gasteiger partial charge in [-0.3, -0.25) is 4.79 Å². The Hall–Kier alpha value is -2.37. The van der Waals surface area contributed by atoms with Crippen LogP contribution in [0.5, 0.6) is 0 Å². The predicted molar refractivity (Wildman–Crippen MR) is 92.7 cm³/mol. The second kappa shape index (κ2) is 6.63. The molecule has 1 aromatic heterocycles. The van der Waals surface area contributed by atoms with Gasteiger partial charge in [-0.05, 0) is 49.4 Å². The van der Waals surface area contributed by atoms with Crippen LogP contribution in [0.25, 0.3) is 5.69 Å².